The fourth-order valence-corrected chi connectivity index (χ4v) is 4.16. The largest absolute Gasteiger partial charge is 0.493 e. The summed E-state index contributed by atoms with van der Waals surface area (Å²) in [7, 11) is 0. The molecule has 1 aliphatic heterocycles. The van der Waals surface area contributed by atoms with E-state index in [9.17, 15) is 0 Å². The van der Waals surface area contributed by atoms with Gasteiger partial charge in [-0.05, 0) is 37.8 Å². The van der Waals surface area contributed by atoms with E-state index in [2.05, 4.69) is 62.4 Å². The van der Waals surface area contributed by atoms with Gasteiger partial charge in [-0.25, -0.2) is 0 Å². The Morgan fingerprint density at radius 1 is 0.893 bits per heavy atom. The molecule has 1 unspecified atom stereocenters. The second kappa shape index (κ2) is 12.1. The first-order valence-electron chi connectivity index (χ1n) is 10.3. The van der Waals surface area contributed by atoms with E-state index in [1.807, 2.05) is 0 Å². The molecule has 0 saturated carbocycles. The predicted octanol–water partition coefficient (Wildman–Crippen LogP) is 4.90. The summed E-state index contributed by atoms with van der Waals surface area (Å²) in [5, 5.41) is 0. The van der Waals surface area contributed by atoms with E-state index in [4.69, 9.17) is 9.47 Å². The average Bonchev–Trinajstić information content (AvgIpc) is 2.90. The molecular weight excluding hydrogens is 423 g/mol. The summed E-state index contributed by atoms with van der Waals surface area (Å²) in [6, 6.07) is 17.3. The van der Waals surface area contributed by atoms with E-state index in [-0.39, 0.29) is 32.7 Å². The van der Waals surface area contributed by atoms with Gasteiger partial charge in [-0.2, -0.15) is 0 Å². The zero-order valence-corrected chi connectivity index (χ0v) is 20.4. The standard InChI is InChI=1S/C24H34NO2.Y/c1-21-10-8-11-22(2)24(21)27-18-7-6-14-25(15-9-17-26-19-16-25)20-23-12-4-3-5-13-23;/h3-5,8,10-13H,6-7,9,14-20H2,1-2H3;/q+1;. The maximum atomic E-state index is 6.10. The van der Waals surface area contributed by atoms with Crippen LogP contribution in [0.25, 0.3) is 0 Å². The van der Waals surface area contributed by atoms with E-state index in [1.54, 1.807) is 0 Å². The van der Waals surface area contributed by atoms with Crippen LogP contribution in [-0.2, 0) is 44.0 Å². The van der Waals surface area contributed by atoms with Crippen molar-refractivity contribution >= 4 is 0 Å². The van der Waals surface area contributed by atoms with E-state index in [1.165, 1.54) is 36.2 Å². The number of para-hydroxylation sites is 1. The minimum atomic E-state index is 0. The number of rotatable bonds is 8. The zero-order chi connectivity index (χ0) is 19.0. The number of quaternary nitrogens is 1. The number of hydrogen-bond acceptors (Lipinski definition) is 2. The molecule has 0 N–H and O–H groups in total. The van der Waals surface area contributed by atoms with Gasteiger partial charge in [0.25, 0.3) is 0 Å². The second-order valence-corrected chi connectivity index (χ2v) is 7.90. The number of benzene rings is 2. The Labute approximate surface area is 195 Å². The molecule has 0 spiro atoms. The van der Waals surface area contributed by atoms with Crippen molar-refractivity contribution < 1.29 is 46.7 Å². The Bertz CT molecular complexity index is 677. The van der Waals surface area contributed by atoms with Crippen molar-refractivity contribution in [1.82, 2.24) is 0 Å². The van der Waals surface area contributed by atoms with Crippen LogP contribution < -0.4 is 4.74 Å². The van der Waals surface area contributed by atoms with Crippen molar-refractivity contribution in [1.29, 1.82) is 0 Å². The maximum Gasteiger partial charge on any atom is 0.125 e. The summed E-state index contributed by atoms with van der Waals surface area (Å²) < 4.78 is 13.0. The third-order valence-electron chi connectivity index (χ3n) is 5.67. The minimum Gasteiger partial charge on any atom is -0.493 e. The van der Waals surface area contributed by atoms with Crippen LogP contribution in [0.5, 0.6) is 5.75 Å². The van der Waals surface area contributed by atoms with Gasteiger partial charge in [-0.15, -0.1) is 0 Å². The third-order valence-corrected chi connectivity index (χ3v) is 5.67. The Balaban J connectivity index is 0.00000280. The van der Waals surface area contributed by atoms with Crippen molar-refractivity contribution in [2.45, 2.75) is 39.7 Å². The van der Waals surface area contributed by atoms with Crippen LogP contribution in [0.4, 0.5) is 0 Å². The van der Waals surface area contributed by atoms with Crippen LogP contribution >= 0.6 is 0 Å². The molecule has 2 aromatic carbocycles. The number of ether oxygens (including phenoxy) is 2. The van der Waals surface area contributed by atoms with Crippen LogP contribution in [0.3, 0.4) is 0 Å². The summed E-state index contributed by atoms with van der Waals surface area (Å²) in [4.78, 5) is 0. The fraction of sp³-hybridized carbons (Fsp3) is 0.500. The summed E-state index contributed by atoms with van der Waals surface area (Å²) in [5.74, 6) is 1.06. The van der Waals surface area contributed by atoms with Gasteiger partial charge in [0, 0.05) is 44.7 Å². The van der Waals surface area contributed by atoms with E-state index >= 15 is 0 Å². The Hall–Kier alpha value is -0.736. The molecule has 0 aliphatic carbocycles. The maximum absolute atomic E-state index is 6.10. The van der Waals surface area contributed by atoms with Crippen molar-refractivity contribution in [2.24, 2.45) is 0 Å². The van der Waals surface area contributed by atoms with Crippen LogP contribution in [-0.4, -0.2) is 43.9 Å². The normalized spacial score (nSPS) is 19.5. The van der Waals surface area contributed by atoms with Crippen LogP contribution in [0, 0.1) is 13.8 Å². The molecule has 1 heterocycles. The number of aryl methyl sites for hydroxylation is 2. The topological polar surface area (TPSA) is 18.5 Å². The van der Waals surface area contributed by atoms with Crippen molar-refractivity contribution in [3.8, 4) is 5.75 Å². The molecule has 1 radical (unpaired) electrons. The summed E-state index contributed by atoms with van der Waals surface area (Å²) in [5.41, 5.74) is 3.89. The van der Waals surface area contributed by atoms with E-state index in [0.717, 1.165) is 56.0 Å². The summed E-state index contributed by atoms with van der Waals surface area (Å²) >= 11 is 0. The van der Waals surface area contributed by atoms with E-state index < -0.39 is 0 Å². The number of unbranched alkanes of at least 4 members (excludes halogenated alkanes) is 1. The van der Waals surface area contributed by atoms with Gasteiger partial charge in [0.2, 0.25) is 0 Å². The Morgan fingerprint density at radius 2 is 1.64 bits per heavy atom. The first kappa shape index (κ1) is 23.5. The zero-order valence-electron chi connectivity index (χ0n) is 17.5. The predicted molar refractivity (Wildman–Crippen MR) is 111 cm³/mol. The van der Waals surface area contributed by atoms with Gasteiger partial charge >= 0.3 is 0 Å². The van der Waals surface area contributed by atoms with Crippen molar-refractivity contribution in [3.05, 3.63) is 65.2 Å². The summed E-state index contributed by atoms with van der Waals surface area (Å²) in [6.07, 6.45) is 3.45. The molecule has 28 heavy (non-hydrogen) atoms. The van der Waals surface area contributed by atoms with Gasteiger partial charge in [0.1, 0.15) is 18.8 Å². The molecule has 149 valence electrons. The van der Waals surface area contributed by atoms with Crippen molar-refractivity contribution in [2.75, 3.05) is 39.5 Å². The molecule has 2 aromatic rings. The second-order valence-electron chi connectivity index (χ2n) is 7.90. The molecular formula is C24H34NO2Y+. The average molecular weight is 457 g/mol. The van der Waals surface area contributed by atoms with Crippen LogP contribution in [0.1, 0.15) is 36.0 Å². The molecule has 1 aliphatic rings. The van der Waals surface area contributed by atoms with Crippen LogP contribution in [0.15, 0.2) is 48.5 Å². The third kappa shape index (κ3) is 6.95. The van der Waals surface area contributed by atoms with Gasteiger partial charge in [0.05, 0.1) is 32.9 Å². The molecule has 1 saturated heterocycles. The molecule has 3 rings (SSSR count). The molecule has 4 heteroatoms. The smallest absolute Gasteiger partial charge is 0.125 e. The van der Waals surface area contributed by atoms with Crippen molar-refractivity contribution in [3.63, 3.8) is 0 Å². The minimum absolute atomic E-state index is 0. The van der Waals surface area contributed by atoms with Gasteiger partial charge in [-0.3, -0.25) is 0 Å². The fourth-order valence-electron chi connectivity index (χ4n) is 4.16. The first-order chi connectivity index (χ1) is 13.2. The SMILES string of the molecule is Cc1cccc(C)c1OCCCC[N+]1(Cc2ccccc2)CCCOCC1.[Y]. The van der Waals surface area contributed by atoms with E-state index in [0.29, 0.717) is 0 Å². The van der Waals surface area contributed by atoms with Crippen LogP contribution in [0.2, 0.25) is 0 Å². The monoisotopic (exact) mass is 457 g/mol. The molecule has 0 aromatic heterocycles. The molecule has 0 bridgehead atoms. The van der Waals surface area contributed by atoms with Gasteiger partial charge < -0.3 is 14.0 Å². The molecule has 0 amide bonds. The summed E-state index contributed by atoms with van der Waals surface area (Å²) in [6.45, 7) is 11.5. The molecule has 3 nitrogen and oxygen atoms in total. The van der Waals surface area contributed by atoms with Gasteiger partial charge in [0.15, 0.2) is 0 Å². The number of nitrogens with zero attached hydrogens (tertiary/aromatic N) is 1. The Morgan fingerprint density at radius 3 is 2.39 bits per heavy atom. The molecule has 1 atom stereocenters. The first-order valence-corrected chi connectivity index (χ1v) is 10.3. The number of hydrogen-bond donors (Lipinski definition) is 0. The Kier molecular flexibility index (Phi) is 10.2. The quantitative estimate of drug-likeness (QED) is 0.415. The van der Waals surface area contributed by atoms with Gasteiger partial charge in [-0.1, -0.05) is 48.5 Å². The molecule has 1 fully saturated rings.